The maximum Gasteiger partial charge on any atom is 0.191 e. The highest BCUT2D eigenvalue weighted by Crippen LogP contribution is 2.24. The number of nitrogens with zero attached hydrogens (tertiary/aromatic N) is 2. The van der Waals surface area contributed by atoms with Gasteiger partial charge in [0.05, 0.1) is 24.9 Å². The van der Waals surface area contributed by atoms with Gasteiger partial charge in [0, 0.05) is 19.3 Å². The van der Waals surface area contributed by atoms with Crippen LogP contribution in [0.3, 0.4) is 0 Å². The summed E-state index contributed by atoms with van der Waals surface area (Å²) >= 11 is 0. The Morgan fingerprint density at radius 1 is 1.50 bits per heavy atom. The van der Waals surface area contributed by atoms with Crippen LogP contribution in [0.4, 0.5) is 0 Å². The number of aromatic nitrogens is 1. The van der Waals surface area contributed by atoms with Crippen LogP contribution in [-0.4, -0.2) is 49.4 Å². The molecular formula is C16H26N4O2. The van der Waals surface area contributed by atoms with Gasteiger partial charge in [0.1, 0.15) is 12.4 Å². The molecule has 1 fully saturated rings. The zero-order valence-electron chi connectivity index (χ0n) is 13.5. The number of hydrogen-bond acceptors (Lipinski definition) is 4. The van der Waals surface area contributed by atoms with E-state index in [1.54, 1.807) is 12.4 Å². The minimum Gasteiger partial charge on any atom is -0.490 e. The third kappa shape index (κ3) is 5.52. The monoisotopic (exact) mass is 306 g/mol. The maximum atomic E-state index is 5.76. The summed E-state index contributed by atoms with van der Waals surface area (Å²) in [6.45, 7) is 7.76. The third-order valence-electron chi connectivity index (χ3n) is 3.51. The second-order valence-electron chi connectivity index (χ2n) is 5.56. The summed E-state index contributed by atoms with van der Waals surface area (Å²) in [5.41, 5.74) is -0.117. The first-order valence-corrected chi connectivity index (χ1v) is 7.91. The Morgan fingerprint density at radius 3 is 3.09 bits per heavy atom. The quantitative estimate of drug-likeness (QED) is 0.455. The molecule has 0 amide bonds. The van der Waals surface area contributed by atoms with Crippen LogP contribution in [-0.2, 0) is 4.74 Å². The van der Waals surface area contributed by atoms with Gasteiger partial charge in [-0.1, -0.05) is 0 Å². The SMILES string of the molecule is CCNC(=NCC1(C)CCCO1)NCCOc1cccnc1. The van der Waals surface area contributed by atoms with Crippen molar-refractivity contribution in [2.75, 3.05) is 32.8 Å². The van der Waals surface area contributed by atoms with Gasteiger partial charge in [0.2, 0.25) is 0 Å². The number of guanidine groups is 1. The topological polar surface area (TPSA) is 67.8 Å². The van der Waals surface area contributed by atoms with Crippen LogP contribution >= 0.6 is 0 Å². The number of pyridine rings is 1. The molecule has 2 rings (SSSR count). The molecule has 22 heavy (non-hydrogen) atoms. The van der Waals surface area contributed by atoms with Crippen molar-refractivity contribution < 1.29 is 9.47 Å². The minimum atomic E-state index is -0.117. The Hall–Kier alpha value is -1.82. The largest absolute Gasteiger partial charge is 0.490 e. The van der Waals surface area contributed by atoms with Gasteiger partial charge in [-0.15, -0.1) is 0 Å². The van der Waals surface area contributed by atoms with E-state index >= 15 is 0 Å². The standard InChI is InChI=1S/C16H26N4O2/c1-3-18-15(20-13-16(2)7-5-10-22-16)19-9-11-21-14-6-4-8-17-12-14/h4,6,8,12H,3,5,7,9-11,13H2,1-2H3,(H2,18,19,20). The molecule has 0 radical (unpaired) electrons. The van der Waals surface area contributed by atoms with E-state index in [1.807, 2.05) is 12.1 Å². The van der Waals surface area contributed by atoms with Crippen LogP contribution < -0.4 is 15.4 Å². The molecule has 1 unspecified atom stereocenters. The summed E-state index contributed by atoms with van der Waals surface area (Å²) in [6, 6.07) is 3.75. The van der Waals surface area contributed by atoms with E-state index in [2.05, 4.69) is 34.5 Å². The van der Waals surface area contributed by atoms with E-state index < -0.39 is 0 Å². The molecule has 1 aromatic heterocycles. The van der Waals surface area contributed by atoms with Gasteiger partial charge in [0.25, 0.3) is 0 Å². The number of hydrogen-bond donors (Lipinski definition) is 2. The smallest absolute Gasteiger partial charge is 0.191 e. The summed E-state index contributed by atoms with van der Waals surface area (Å²) in [7, 11) is 0. The van der Waals surface area contributed by atoms with Crippen LogP contribution in [0.25, 0.3) is 0 Å². The lowest BCUT2D eigenvalue weighted by Gasteiger charge is -2.21. The van der Waals surface area contributed by atoms with Gasteiger partial charge in [-0.2, -0.15) is 0 Å². The Morgan fingerprint density at radius 2 is 2.41 bits per heavy atom. The summed E-state index contributed by atoms with van der Waals surface area (Å²) in [5.74, 6) is 1.58. The average Bonchev–Trinajstić information content (AvgIpc) is 2.97. The van der Waals surface area contributed by atoms with Crippen molar-refractivity contribution in [3.8, 4) is 5.75 Å². The van der Waals surface area contributed by atoms with Crippen molar-refractivity contribution in [2.45, 2.75) is 32.3 Å². The van der Waals surface area contributed by atoms with Crippen molar-refractivity contribution in [1.29, 1.82) is 0 Å². The van der Waals surface area contributed by atoms with E-state index in [4.69, 9.17) is 9.47 Å². The second kappa shape index (κ2) is 8.58. The Kier molecular flexibility index (Phi) is 6.45. The lowest BCUT2D eigenvalue weighted by molar-refractivity contribution is 0.0283. The van der Waals surface area contributed by atoms with Gasteiger partial charge in [0.15, 0.2) is 5.96 Å². The molecule has 1 aliphatic rings. The van der Waals surface area contributed by atoms with Gasteiger partial charge in [-0.3, -0.25) is 9.98 Å². The van der Waals surface area contributed by atoms with Gasteiger partial charge < -0.3 is 20.1 Å². The van der Waals surface area contributed by atoms with Crippen LogP contribution in [0, 0.1) is 0 Å². The molecule has 6 heteroatoms. The molecule has 6 nitrogen and oxygen atoms in total. The summed E-state index contributed by atoms with van der Waals surface area (Å²) in [6.07, 6.45) is 5.62. The molecular weight excluding hydrogens is 280 g/mol. The number of nitrogens with one attached hydrogen (secondary N) is 2. The van der Waals surface area contributed by atoms with E-state index in [0.29, 0.717) is 19.7 Å². The fourth-order valence-corrected chi connectivity index (χ4v) is 2.32. The number of ether oxygens (including phenoxy) is 2. The van der Waals surface area contributed by atoms with Crippen LogP contribution in [0.5, 0.6) is 5.75 Å². The zero-order chi connectivity index (χ0) is 15.7. The molecule has 1 saturated heterocycles. The summed E-state index contributed by atoms with van der Waals surface area (Å²) < 4.78 is 11.4. The van der Waals surface area contributed by atoms with Crippen molar-refractivity contribution in [1.82, 2.24) is 15.6 Å². The predicted molar refractivity (Wildman–Crippen MR) is 87.3 cm³/mol. The molecule has 0 spiro atoms. The molecule has 0 aliphatic carbocycles. The first-order valence-electron chi connectivity index (χ1n) is 7.91. The first kappa shape index (κ1) is 16.5. The minimum absolute atomic E-state index is 0.117. The number of rotatable bonds is 7. The van der Waals surface area contributed by atoms with Gasteiger partial charge in [-0.25, -0.2) is 0 Å². The molecule has 1 atom stereocenters. The highest BCUT2D eigenvalue weighted by atomic mass is 16.5. The summed E-state index contributed by atoms with van der Waals surface area (Å²) in [5, 5.41) is 6.51. The fraction of sp³-hybridized carbons (Fsp3) is 0.625. The molecule has 1 aliphatic heterocycles. The normalized spacial score (nSPS) is 21.6. The summed E-state index contributed by atoms with van der Waals surface area (Å²) in [4.78, 5) is 8.63. The predicted octanol–water partition coefficient (Wildman–Crippen LogP) is 1.58. The second-order valence-corrected chi connectivity index (χ2v) is 5.56. The maximum absolute atomic E-state index is 5.76. The molecule has 2 heterocycles. The van der Waals surface area contributed by atoms with Crippen LogP contribution in [0.1, 0.15) is 26.7 Å². The highest BCUT2D eigenvalue weighted by molar-refractivity contribution is 5.79. The first-order chi connectivity index (χ1) is 10.7. The van der Waals surface area contributed by atoms with Gasteiger partial charge in [-0.05, 0) is 38.8 Å². The molecule has 122 valence electrons. The third-order valence-corrected chi connectivity index (χ3v) is 3.51. The Labute approximate surface area is 132 Å². The van der Waals surface area contributed by atoms with E-state index in [-0.39, 0.29) is 5.60 Å². The Bertz CT molecular complexity index is 458. The number of aliphatic imine (C=N–C) groups is 1. The van der Waals surface area contributed by atoms with Crippen molar-refractivity contribution in [2.24, 2.45) is 4.99 Å². The Balaban J connectivity index is 1.73. The van der Waals surface area contributed by atoms with Gasteiger partial charge >= 0.3 is 0 Å². The fourth-order valence-electron chi connectivity index (χ4n) is 2.32. The highest BCUT2D eigenvalue weighted by Gasteiger charge is 2.29. The van der Waals surface area contributed by atoms with Crippen LogP contribution in [0.15, 0.2) is 29.5 Å². The van der Waals surface area contributed by atoms with E-state index in [9.17, 15) is 0 Å². The average molecular weight is 306 g/mol. The van der Waals surface area contributed by atoms with E-state index in [1.165, 1.54) is 0 Å². The van der Waals surface area contributed by atoms with E-state index in [0.717, 1.165) is 37.7 Å². The molecule has 1 aromatic rings. The van der Waals surface area contributed by atoms with Crippen molar-refractivity contribution in [3.63, 3.8) is 0 Å². The molecule has 0 aromatic carbocycles. The molecule has 2 N–H and O–H groups in total. The molecule has 0 bridgehead atoms. The van der Waals surface area contributed by atoms with Crippen molar-refractivity contribution in [3.05, 3.63) is 24.5 Å². The lowest BCUT2D eigenvalue weighted by atomic mass is 10.0. The zero-order valence-corrected chi connectivity index (χ0v) is 13.5. The van der Waals surface area contributed by atoms with Crippen molar-refractivity contribution >= 4 is 5.96 Å². The lowest BCUT2D eigenvalue weighted by Crippen LogP contribution is -2.40. The molecule has 0 saturated carbocycles. The van der Waals surface area contributed by atoms with Crippen LogP contribution in [0.2, 0.25) is 0 Å².